The molecule has 5 heteroatoms. The summed E-state index contributed by atoms with van der Waals surface area (Å²) in [6.45, 7) is 0.290. The van der Waals surface area contributed by atoms with Gasteiger partial charge in [-0.25, -0.2) is 8.78 Å². The van der Waals surface area contributed by atoms with Crippen molar-refractivity contribution in [3.63, 3.8) is 0 Å². The van der Waals surface area contributed by atoms with E-state index < -0.39 is 17.5 Å². The minimum Gasteiger partial charge on any atom is -0.348 e. The van der Waals surface area contributed by atoms with E-state index in [0.29, 0.717) is 6.07 Å². The average Bonchev–Trinajstić information content (AvgIpc) is 2.45. The number of amides is 1. The number of hydrogen-bond acceptors (Lipinski definition) is 1. The molecule has 2 rings (SSSR count). The van der Waals surface area contributed by atoms with Gasteiger partial charge in [-0.2, -0.15) is 0 Å². The summed E-state index contributed by atoms with van der Waals surface area (Å²) in [5, 5.41) is 3.36. The largest absolute Gasteiger partial charge is 0.348 e. The Morgan fingerprint density at radius 2 is 1.70 bits per heavy atom. The molecule has 104 valence electrons. The summed E-state index contributed by atoms with van der Waals surface area (Å²) in [5.74, 6) is -2.13. The highest BCUT2D eigenvalue weighted by atomic mass is 79.9. The maximum Gasteiger partial charge on any atom is 0.254 e. The topological polar surface area (TPSA) is 29.1 Å². The molecule has 1 N–H and O–H groups in total. The highest BCUT2D eigenvalue weighted by molar-refractivity contribution is 9.08. The summed E-state index contributed by atoms with van der Waals surface area (Å²) in [4.78, 5) is 11.8. The lowest BCUT2D eigenvalue weighted by atomic mass is 10.1. The van der Waals surface area contributed by atoms with Gasteiger partial charge in [0, 0.05) is 17.9 Å². The zero-order chi connectivity index (χ0) is 14.5. The van der Waals surface area contributed by atoms with Crippen LogP contribution in [0, 0.1) is 11.6 Å². The van der Waals surface area contributed by atoms with Gasteiger partial charge in [-0.1, -0.05) is 40.2 Å². The van der Waals surface area contributed by atoms with Crippen molar-refractivity contribution in [1.29, 1.82) is 0 Å². The zero-order valence-electron chi connectivity index (χ0n) is 10.5. The van der Waals surface area contributed by atoms with Crippen LogP contribution in [0.25, 0.3) is 0 Å². The first-order valence-corrected chi connectivity index (χ1v) is 7.09. The van der Waals surface area contributed by atoms with Gasteiger partial charge in [-0.15, -0.1) is 0 Å². The molecule has 0 aromatic heterocycles. The van der Waals surface area contributed by atoms with Gasteiger partial charge in [0.15, 0.2) is 0 Å². The third-order valence-electron chi connectivity index (χ3n) is 2.81. The van der Waals surface area contributed by atoms with Crippen LogP contribution in [-0.2, 0) is 11.9 Å². The molecule has 0 fully saturated rings. The third kappa shape index (κ3) is 3.63. The molecule has 0 radical (unpaired) electrons. The minimum atomic E-state index is -0.864. The van der Waals surface area contributed by atoms with Crippen LogP contribution in [0.2, 0.25) is 0 Å². The Balaban J connectivity index is 2.00. The molecule has 0 unspecified atom stereocenters. The van der Waals surface area contributed by atoms with Crippen LogP contribution in [0.4, 0.5) is 8.78 Å². The third-order valence-corrected chi connectivity index (χ3v) is 3.45. The molecule has 2 aromatic rings. The average molecular weight is 340 g/mol. The van der Waals surface area contributed by atoms with Gasteiger partial charge in [0.25, 0.3) is 5.91 Å². The molecule has 1 amide bonds. The van der Waals surface area contributed by atoms with Crippen LogP contribution < -0.4 is 5.32 Å². The molecule has 0 spiro atoms. The predicted octanol–water partition coefficient (Wildman–Crippen LogP) is 3.79. The number of alkyl halides is 1. The first-order valence-electron chi connectivity index (χ1n) is 5.97. The molecule has 0 aliphatic carbocycles. The summed E-state index contributed by atoms with van der Waals surface area (Å²) in [7, 11) is 0. The Morgan fingerprint density at radius 1 is 1.05 bits per heavy atom. The van der Waals surface area contributed by atoms with E-state index in [-0.39, 0.29) is 12.1 Å². The molecule has 0 saturated carbocycles. The number of carbonyl (C=O) groups excluding carboxylic acids is 1. The van der Waals surface area contributed by atoms with E-state index in [1.807, 2.05) is 24.3 Å². The lowest BCUT2D eigenvalue weighted by Crippen LogP contribution is -2.23. The molecule has 2 aromatic carbocycles. The highest BCUT2D eigenvalue weighted by Crippen LogP contribution is 2.11. The van der Waals surface area contributed by atoms with Crippen molar-refractivity contribution in [1.82, 2.24) is 5.32 Å². The predicted molar refractivity (Wildman–Crippen MR) is 76.6 cm³/mol. The standard InChI is InChI=1S/C15H12BrF2NO/c16-8-10-1-3-11(4-2-10)9-19-15(20)13-6-5-12(17)7-14(13)18/h1-7H,8-9H2,(H,19,20). The second kappa shape index (κ2) is 6.61. The number of hydrogen-bond donors (Lipinski definition) is 1. The fourth-order valence-corrected chi connectivity index (χ4v) is 2.07. The van der Waals surface area contributed by atoms with Gasteiger partial charge >= 0.3 is 0 Å². The molecular formula is C15H12BrF2NO. The first kappa shape index (κ1) is 14.7. The van der Waals surface area contributed by atoms with Crippen LogP contribution >= 0.6 is 15.9 Å². The van der Waals surface area contributed by atoms with E-state index in [1.54, 1.807) is 0 Å². The quantitative estimate of drug-likeness (QED) is 0.843. The lowest BCUT2D eigenvalue weighted by Gasteiger charge is -2.07. The van der Waals surface area contributed by atoms with Crippen LogP contribution in [0.5, 0.6) is 0 Å². The summed E-state index contributed by atoms with van der Waals surface area (Å²) < 4.78 is 26.2. The van der Waals surface area contributed by atoms with Crippen LogP contribution in [0.3, 0.4) is 0 Å². The van der Waals surface area contributed by atoms with Gasteiger partial charge in [-0.3, -0.25) is 4.79 Å². The smallest absolute Gasteiger partial charge is 0.254 e. The molecule has 20 heavy (non-hydrogen) atoms. The van der Waals surface area contributed by atoms with Gasteiger partial charge < -0.3 is 5.32 Å². The molecule has 0 saturated heterocycles. The maximum atomic E-state index is 13.4. The highest BCUT2D eigenvalue weighted by Gasteiger charge is 2.11. The zero-order valence-corrected chi connectivity index (χ0v) is 12.1. The number of halogens is 3. The molecule has 0 aliphatic heterocycles. The van der Waals surface area contributed by atoms with Crippen LogP contribution in [-0.4, -0.2) is 5.91 Å². The van der Waals surface area contributed by atoms with E-state index in [0.717, 1.165) is 28.6 Å². The van der Waals surface area contributed by atoms with Crippen molar-refractivity contribution < 1.29 is 13.6 Å². The number of rotatable bonds is 4. The van der Waals surface area contributed by atoms with Crippen molar-refractivity contribution in [2.75, 3.05) is 0 Å². The Hall–Kier alpha value is -1.75. The SMILES string of the molecule is O=C(NCc1ccc(CBr)cc1)c1ccc(F)cc1F. The van der Waals surface area contributed by atoms with Gasteiger partial charge in [0.1, 0.15) is 11.6 Å². The Bertz CT molecular complexity index is 614. The van der Waals surface area contributed by atoms with E-state index in [9.17, 15) is 13.6 Å². The van der Waals surface area contributed by atoms with E-state index in [4.69, 9.17) is 0 Å². The van der Waals surface area contributed by atoms with Gasteiger partial charge in [0.05, 0.1) is 5.56 Å². The van der Waals surface area contributed by atoms with Crippen molar-refractivity contribution in [3.8, 4) is 0 Å². The molecule has 2 nitrogen and oxygen atoms in total. The van der Waals surface area contributed by atoms with Crippen molar-refractivity contribution >= 4 is 21.8 Å². The second-order valence-electron chi connectivity index (χ2n) is 4.26. The summed E-state index contributed by atoms with van der Waals surface area (Å²) in [5.41, 5.74) is 1.87. The van der Waals surface area contributed by atoms with Crippen molar-refractivity contribution in [2.24, 2.45) is 0 Å². The Labute approximate surface area is 123 Å². The molecular weight excluding hydrogens is 328 g/mol. The number of nitrogens with one attached hydrogen (secondary N) is 1. The summed E-state index contributed by atoms with van der Waals surface area (Å²) >= 11 is 3.35. The maximum absolute atomic E-state index is 13.4. The van der Waals surface area contributed by atoms with Crippen molar-refractivity contribution in [2.45, 2.75) is 11.9 Å². The van der Waals surface area contributed by atoms with Crippen LogP contribution in [0.15, 0.2) is 42.5 Å². The summed E-state index contributed by atoms with van der Waals surface area (Å²) in [6.07, 6.45) is 0. The lowest BCUT2D eigenvalue weighted by molar-refractivity contribution is 0.0947. The Kier molecular flexibility index (Phi) is 4.84. The fraction of sp³-hybridized carbons (Fsp3) is 0.133. The van der Waals surface area contributed by atoms with Gasteiger partial charge in [-0.05, 0) is 23.3 Å². The normalized spacial score (nSPS) is 10.3. The van der Waals surface area contributed by atoms with E-state index in [2.05, 4.69) is 21.2 Å². The Morgan fingerprint density at radius 3 is 2.30 bits per heavy atom. The monoisotopic (exact) mass is 339 g/mol. The molecule has 0 heterocycles. The van der Waals surface area contributed by atoms with E-state index in [1.165, 1.54) is 0 Å². The minimum absolute atomic E-state index is 0.163. The molecule has 0 atom stereocenters. The molecule has 0 bridgehead atoms. The van der Waals surface area contributed by atoms with Crippen molar-refractivity contribution in [3.05, 3.63) is 70.8 Å². The van der Waals surface area contributed by atoms with E-state index >= 15 is 0 Å². The second-order valence-corrected chi connectivity index (χ2v) is 4.82. The fourth-order valence-electron chi connectivity index (χ4n) is 1.70. The van der Waals surface area contributed by atoms with Gasteiger partial charge in [0.2, 0.25) is 0 Å². The molecule has 0 aliphatic rings. The summed E-state index contributed by atoms with van der Waals surface area (Å²) in [6, 6.07) is 10.5. The first-order chi connectivity index (χ1) is 9.60. The number of carbonyl (C=O) groups is 1. The number of benzene rings is 2. The van der Waals surface area contributed by atoms with Crippen LogP contribution in [0.1, 0.15) is 21.5 Å².